The number of nitrogens with zero attached hydrogens (tertiary/aromatic N) is 1. The van der Waals surface area contributed by atoms with Crippen LogP contribution in [0.4, 0.5) is 0 Å². The second-order valence-electron chi connectivity index (χ2n) is 4.75. The number of allylic oxidation sites excluding steroid dienone is 4. The van der Waals surface area contributed by atoms with Crippen LogP contribution in [0.1, 0.15) is 12.0 Å². The molecule has 112 valence electrons. The number of rotatable bonds is 4. The van der Waals surface area contributed by atoms with Crippen LogP contribution in [0.25, 0.3) is 0 Å². The lowest BCUT2D eigenvalue weighted by Crippen LogP contribution is -2.18. The van der Waals surface area contributed by atoms with Gasteiger partial charge in [-0.1, -0.05) is 18.2 Å². The van der Waals surface area contributed by atoms with Crippen molar-refractivity contribution in [3.63, 3.8) is 0 Å². The van der Waals surface area contributed by atoms with Crippen LogP contribution in [0.2, 0.25) is 0 Å². The Balaban J connectivity index is 2.15. The Morgan fingerprint density at radius 3 is 2.67 bits per heavy atom. The van der Waals surface area contributed by atoms with Crippen molar-refractivity contribution in [3.8, 4) is 5.75 Å². The van der Waals surface area contributed by atoms with E-state index in [1.807, 2.05) is 6.07 Å². The van der Waals surface area contributed by atoms with Crippen molar-refractivity contribution in [2.45, 2.75) is 12.8 Å². The lowest BCUT2D eigenvalue weighted by atomic mass is 9.90. The Labute approximate surface area is 122 Å². The third-order valence-electron chi connectivity index (χ3n) is 3.13. The van der Waals surface area contributed by atoms with Gasteiger partial charge in [-0.2, -0.15) is 4.76 Å². The normalized spacial score (nSPS) is 20.6. The molecule has 0 saturated carbocycles. The Kier molecular flexibility index (Phi) is 4.63. The first-order valence-corrected chi connectivity index (χ1v) is 7.92. The summed E-state index contributed by atoms with van der Waals surface area (Å²) in [6, 6.07) is 6.72. The number of benzene rings is 1. The van der Waals surface area contributed by atoms with Crippen LogP contribution in [-0.2, 0) is 11.0 Å². The second-order valence-corrected chi connectivity index (χ2v) is 5.98. The van der Waals surface area contributed by atoms with Crippen LogP contribution in [-0.4, -0.2) is 25.7 Å². The molecule has 0 heterocycles. The molecule has 1 aromatic rings. The van der Waals surface area contributed by atoms with Gasteiger partial charge in [0.15, 0.2) is 0 Å². The lowest BCUT2D eigenvalue weighted by molar-refractivity contribution is 0.355. The average molecular weight is 309 g/mol. The molecule has 0 spiro atoms. The predicted octanol–water partition coefficient (Wildman–Crippen LogP) is 2.49. The number of aromatic hydroxyl groups is 1. The molecule has 0 aromatic heterocycles. The number of aryl methyl sites for hydroxylation is 1. The zero-order chi connectivity index (χ0) is 15.5. The highest BCUT2D eigenvalue weighted by Crippen LogP contribution is 2.38. The molecule has 1 unspecified atom stereocenters. The van der Waals surface area contributed by atoms with E-state index in [0.717, 1.165) is 5.56 Å². The van der Waals surface area contributed by atoms with Crippen molar-refractivity contribution < 1.29 is 24.6 Å². The van der Waals surface area contributed by atoms with E-state index in [2.05, 4.69) is 4.76 Å². The fourth-order valence-corrected chi connectivity index (χ4v) is 2.71. The molecular weight excluding hydrogens is 293 g/mol. The van der Waals surface area contributed by atoms with Gasteiger partial charge in [-0.25, -0.2) is 4.57 Å². The zero-order valence-electron chi connectivity index (χ0n) is 11.1. The van der Waals surface area contributed by atoms with Gasteiger partial charge in [-0.15, -0.1) is 0 Å². The summed E-state index contributed by atoms with van der Waals surface area (Å²) >= 11 is 0. The molecule has 0 saturated heterocycles. The minimum atomic E-state index is -4.54. The van der Waals surface area contributed by atoms with Crippen LogP contribution < -0.4 is 0 Å². The van der Waals surface area contributed by atoms with Gasteiger partial charge in [-0.05, 0) is 42.7 Å². The van der Waals surface area contributed by atoms with Crippen LogP contribution >= 0.6 is 7.75 Å². The molecule has 21 heavy (non-hydrogen) atoms. The fraction of sp³-hybridized carbons (Fsp3) is 0.214. The largest absolute Gasteiger partial charge is 0.512 e. The minimum absolute atomic E-state index is 0.0184. The number of phenols is 1. The summed E-state index contributed by atoms with van der Waals surface area (Å²) in [4.78, 5) is 17.9. The third kappa shape index (κ3) is 4.56. The quantitative estimate of drug-likeness (QED) is 0.639. The van der Waals surface area contributed by atoms with Gasteiger partial charge in [0.2, 0.25) is 0 Å². The Morgan fingerprint density at radius 2 is 2.00 bits per heavy atom. The van der Waals surface area contributed by atoms with E-state index in [1.165, 1.54) is 18.2 Å². The number of hydrogen-bond acceptors (Lipinski definition) is 3. The van der Waals surface area contributed by atoms with Crippen LogP contribution in [0.3, 0.4) is 0 Å². The fourth-order valence-electron chi connectivity index (χ4n) is 2.20. The molecule has 1 aromatic carbocycles. The summed E-state index contributed by atoms with van der Waals surface area (Å²) < 4.78 is 14.4. The molecule has 0 amide bonds. The van der Waals surface area contributed by atoms with Crippen LogP contribution in [0.15, 0.2) is 53.0 Å². The minimum Gasteiger partial charge on any atom is -0.512 e. The molecule has 0 aliphatic heterocycles. The maximum atomic E-state index is 11.0. The second kappa shape index (κ2) is 6.26. The van der Waals surface area contributed by atoms with E-state index in [4.69, 9.17) is 9.79 Å². The van der Waals surface area contributed by atoms with Gasteiger partial charge in [0.1, 0.15) is 11.5 Å². The number of aliphatic hydroxyl groups is 1. The maximum absolute atomic E-state index is 11.0. The first-order chi connectivity index (χ1) is 9.85. The van der Waals surface area contributed by atoms with E-state index in [0.29, 0.717) is 12.8 Å². The molecular formula is C14H16NO5P. The summed E-state index contributed by atoms with van der Waals surface area (Å²) in [5, 5.41) is 19.3. The molecule has 0 radical (unpaired) electrons. The van der Waals surface area contributed by atoms with Crippen molar-refractivity contribution in [1.82, 2.24) is 0 Å². The lowest BCUT2D eigenvalue weighted by Gasteiger charge is -2.19. The van der Waals surface area contributed by atoms with Crippen LogP contribution in [0, 0.1) is 5.92 Å². The van der Waals surface area contributed by atoms with E-state index >= 15 is 0 Å². The van der Waals surface area contributed by atoms with Gasteiger partial charge in [0, 0.05) is 0 Å². The molecule has 2 rings (SSSR count). The summed E-state index contributed by atoms with van der Waals surface area (Å²) in [7, 11) is -4.54. The molecule has 1 aliphatic rings. The topological polar surface area (TPSA) is 110 Å². The third-order valence-corrected chi connectivity index (χ3v) is 3.62. The van der Waals surface area contributed by atoms with Crippen LogP contribution in [0.5, 0.6) is 5.75 Å². The van der Waals surface area contributed by atoms with E-state index in [-0.39, 0.29) is 17.2 Å². The smallest absolute Gasteiger partial charge is 0.448 e. The maximum Gasteiger partial charge on any atom is 0.448 e. The average Bonchev–Trinajstić information content (AvgIpc) is 2.36. The first kappa shape index (κ1) is 15.5. The summed E-state index contributed by atoms with van der Waals surface area (Å²) in [6.45, 7) is 0. The zero-order valence-corrected chi connectivity index (χ0v) is 12.0. The van der Waals surface area contributed by atoms with E-state index in [1.54, 1.807) is 18.2 Å². The Morgan fingerprint density at radius 1 is 1.24 bits per heavy atom. The highest BCUT2D eigenvalue weighted by atomic mass is 31.2. The first-order valence-electron chi connectivity index (χ1n) is 6.36. The summed E-state index contributed by atoms with van der Waals surface area (Å²) in [5.74, 6) is -0.394. The molecule has 1 aliphatic carbocycles. The van der Waals surface area contributed by atoms with Gasteiger partial charge in [0.25, 0.3) is 0 Å². The summed E-state index contributed by atoms with van der Waals surface area (Å²) in [5.41, 5.74) is 1.02. The number of aliphatic hydroxyl groups excluding tert-OH is 1. The molecule has 4 N–H and O–H groups in total. The van der Waals surface area contributed by atoms with Gasteiger partial charge in [0.05, 0.1) is 11.6 Å². The number of hydrogen-bond donors (Lipinski definition) is 4. The number of phenolic OH excluding ortho intramolecular Hbond substituents is 1. The van der Waals surface area contributed by atoms with Gasteiger partial charge < -0.3 is 20.0 Å². The van der Waals surface area contributed by atoms with E-state index in [9.17, 15) is 14.8 Å². The van der Waals surface area contributed by atoms with Crippen molar-refractivity contribution >= 4 is 13.5 Å². The van der Waals surface area contributed by atoms with Crippen molar-refractivity contribution in [2.24, 2.45) is 10.7 Å². The Hall–Kier alpha value is -1.88. The molecule has 1 atom stereocenters. The monoisotopic (exact) mass is 309 g/mol. The highest BCUT2D eigenvalue weighted by molar-refractivity contribution is 7.50. The van der Waals surface area contributed by atoms with E-state index < -0.39 is 13.7 Å². The Bertz CT molecular complexity index is 659. The van der Waals surface area contributed by atoms with Crippen molar-refractivity contribution in [2.75, 3.05) is 0 Å². The van der Waals surface area contributed by atoms with Crippen molar-refractivity contribution in [3.05, 3.63) is 53.8 Å². The SMILES string of the molecule is O=P(O)(O)N=C1C=CC=C(O)C1CCc1cccc(O)c1. The molecule has 0 fully saturated rings. The van der Waals surface area contributed by atoms with Crippen molar-refractivity contribution in [1.29, 1.82) is 0 Å². The highest BCUT2D eigenvalue weighted by Gasteiger charge is 2.24. The molecule has 0 bridgehead atoms. The standard InChI is InChI=1S/C14H16NO5P/c16-11-4-1-3-10(9-11)7-8-12-13(15-21(18,19)20)5-2-6-14(12)17/h1-6,9,12,16-17H,7-8H2,(H2,18,19,20). The van der Waals surface area contributed by atoms with Gasteiger partial charge >= 0.3 is 7.75 Å². The predicted molar refractivity (Wildman–Crippen MR) is 79.2 cm³/mol. The molecule has 7 heteroatoms. The molecule has 6 nitrogen and oxygen atoms in total. The summed E-state index contributed by atoms with van der Waals surface area (Å²) in [6.07, 6.45) is 5.41. The van der Waals surface area contributed by atoms with Gasteiger partial charge in [-0.3, -0.25) is 0 Å².